The summed E-state index contributed by atoms with van der Waals surface area (Å²) >= 11 is 0. The van der Waals surface area contributed by atoms with Crippen LogP contribution in [0.25, 0.3) is 0 Å². The van der Waals surface area contributed by atoms with Crippen LogP contribution in [0.1, 0.15) is 36.5 Å². The molecule has 0 bridgehead atoms. The molecule has 1 heterocycles. The summed E-state index contributed by atoms with van der Waals surface area (Å²) in [5, 5.41) is 9.77. The van der Waals surface area contributed by atoms with E-state index in [2.05, 4.69) is 16.8 Å². The molecular formula is C16H26IN3O. The summed E-state index contributed by atoms with van der Waals surface area (Å²) in [4.78, 5) is 6.68. The Morgan fingerprint density at radius 1 is 1.38 bits per heavy atom. The summed E-state index contributed by atoms with van der Waals surface area (Å²) in [6, 6.07) is 3.94. The molecular weight excluding hydrogens is 377 g/mol. The van der Waals surface area contributed by atoms with Crippen molar-refractivity contribution >= 4 is 29.9 Å². The normalized spacial score (nSPS) is 19.3. The number of aryl methyl sites for hydroxylation is 2. The van der Waals surface area contributed by atoms with Crippen LogP contribution < -0.4 is 5.73 Å². The van der Waals surface area contributed by atoms with Crippen molar-refractivity contribution in [3.8, 4) is 5.75 Å². The molecule has 1 aromatic carbocycles. The largest absolute Gasteiger partial charge is 0.507 e. The molecule has 2 rings (SSSR count). The molecule has 0 aromatic heterocycles. The summed E-state index contributed by atoms with van der Waals surface area (Å²) in [7, 11) is 0. The van der Waals surface area contributed by atoms with Crippen molar-refractivity contribution in [2.45, 2.75) is 40.2 Å². The average Bonchev–Trinajstić information content (AvgIpc) is 2.42. The molecule has 0 aliphatic carbocycles. The second-order valence-corrected chi connectivity index (χ2v) is 5.95. The highest BCUT2D eigenvalue weighted by Crippen LogP contribution is 2.23. The van der Waals surface area contributed by atoms with Crippen molar-refractivity contribution in [1.29, 1.82) is 0 Å². The van der Waals surface area contributed by atoms with Gasteiger partial charge in [0, 0.05) is 13.1 Å². The first-order chi connectivity index (χ1) is 9.47. The maximum absolute atomic E-state index is 9.77. The topological polar surface area (TPSA) is 61.8 Å². The van der Waals surface area contributed by atoms with Crippen LogP contribution in [-0.2, 0) is 6.54 Å². The van der Waals surface area contributed by atoms with Gasteiger partial charge in [0.05, 0.1) is 6.54 Å². The first-order valence-corrected chi connectivity index (χ1v) is 7.31. The van der Waals surface area contributed by atoms with Crippen LogP contribution in [0.3, 0.4) is 0 Å². The number of nitrogens with zero attached hydrogens (tertiary/aromatic N) is 2. The fourth-order valence-electron chi connectivity index (χ4n) is 2.81. The zero-order valence-electron chi connectivity index (χ0n) is 13.1. The van der Waals surface area contributed by atoms with E-state index in [1.165, 1.54) is 12.8 Å². The molecule has 21 heavy (non-hydrogen) atoms. The van der Waals surface area contributed by atoms with Gasteiger partial charge in [0.25, 0.3) is 0 Å². The molecule has 0 spiro atoms. The van der Waals surface area contributed by atoms with Gasteiger partial charge in [0.15, 0.2) is 5.96 Å². The van der Waals surface area contributed by atoms with Crippen LogP contribution in [0.5, 0.6) is 5.75 Å². The van der Waals surface area contributed by atoms with Crippen LogP contribution in [0.4, 0.5) is 0 Å². The molecule has 1 aliphatic heterocycles. The first kappa shape index (κ1) is 18.1. The van der Waals surface area contributed by atoms with Crippen molar-refractivity contribution in [2.24, 2.45) is 16.6 Å². The summed E-state index contributed by atoms with van der Waals surface area (Å²) in [5.74, 6) is 1.70. The average molecular weight is 403 g/mol. The molecule has 3 N–H and O–H groups in total. The molecule has 1 fully saturated rings. The van der Waals surface area contributed by atoms with Gasteiger partial charge in [-0.15, -0.1) is 24.0 Å². The zero-order valence-corrected chi connectivity index (χ0v) is 15.4. The van der Waals surface area contributed by atoms with E-state index >= 15 is 0 Å². The van der Waals surface area contributed by atoms with Crippen molar-refractivity contribution in [1.82, 2.24) is 4.90 Å². The zero-order chi connectivity index (χ0) is 14.7. The Morgan fingerprint density at radius 2 is 2.00 bits per heavy atom. The molecule has 0 radical (unpaired) electrons. The summed E-state index contributed by atoms with van der Waals surface area (Å²) in [6.45, 7) is 8.65. The predicted octanol–water partition coefficient (Wildman–Crippen LogP) is 3.17. The highest BCUT2D eigenvalue weighted by molar-refractivity contribution is 14.0. The van der Waals surface area contributed by atoms with Gasteiger partial charge in [-0.25, -0.2) is 4.99 Å². The number of aliphatic imine (C=N–C) groups is 1. The lowest BCUT2D eigenvalue weighted by Gasteiger charge is -2.31. The number of benzene rings is 1. The molecule has 1 aliphatic rings. The maximum atomic E-state index is 9.77. The number of nitrogens with two attached hydrogens (primary N) is 1. The SMILES string of the molecule is Cc1cc(CN=C(N)N2CCCC(C)C2)cc(C)c1O.I. The van der Waals surface area contributed by atoms with Crippen molar-refractivity contribution in [3.05, 3.63) is 28.8 Å². The van der Waals surface area contributed by atoms with Gasteiger partial charge in [-0.3, -0.25) is 0 Å². The molecule has 1 atom stereocenters. The maximum Gasteiger partial charge on any atom is 0.191 e. The highest BCUT2D eigenvalue weighted by Gasteiger charge is 2.17. The third-order valence-corrected chi connectivity index (χ3v) is 3.96. The minimum atomic E-state index is 0. The van der Waals surface area contributed by atoms with E-state index < -0.39 is 0 Å². The molecule has 1 aromatic rings. The Bertz CT molecular complexity index is 493. The monoisotopic (exact) mass is 403 g/mol. The van der Waals surface area contributed by atoms with E-state index in [0.717, 1.165) is 29.8 Å². The molecule has 4 nitrogen and oxygen atoms in total. The fourth-order valence-corrected chi connectivity index (χ4v) is 2.81. The molecule has 0 saturated carbocycles. The Hall–Kier alpha value is -0.980. The number of hydrogen-bond donors (Lipinski definition) is 2. The minimum Gasteiger partial charge on any atom is -0.507 e. The minimum absolute atomic E-state index is 0. The summed E-state index contributed by atoms with van der Waals surface area (Å²) in [6.07, 6.45) is 2.47. The Morgan fingerprint density at radius 3 is 2.57 bits per heavy atom. The number of rotatable bonds is 2. The third-order valence-electron chi connectivity index (χ3n) is 3.96. The van der Waals surface area contributed by atoms with Gasteiger partial charge in [0.1, 0.15) is 5.75 Å². The number of phenolic OH excluding ortho intramolecular Hbond substituents is 1. The Balaban J connectivity index is 0.00000220. The quantitative estimate of drug-likeness (QED) is 0.453. The van der Waals surface area contributed by atoms with Crippen LogP contribution in [-0.4, -0.2) is 29.1 Å². The number of hydrogen-bond acceptors (Lipinski definition) is 2. The second-order valence-electron chi connectivity index (χ2n) is 5.95. The van der Waals surface area contributed by atoms with Crippen molar-refractivity contribution in [2.75, 3.05) is 13.1 Å². The van der Waals surface area contributed by atoms with Crippen LogP contribution in [0.2, 0.25) is 0 Å². The van der Waals surface area contributed by atoms with Gasteiger partial charge in [-0.05, 0) is 49.3 Å². The Kier molecular flexibility index (Phi) is 6.77. The van der Waals surface area contributed by atoms with Crippen LogP contribution in [0, 0.1) is 19.8 Å². The van der Waals surface area contributed by atoms with Crippen molar-refractivity contribution < 1.29 is 5.11 Å². The first-order valence-electron chi connectivity index (χ1n) is 7.31. The molecule has 1 saturated heterocycles. The third kappa shape index (κ3) is 4.76. The summed E-state index contributed by atoms with van der Waals surface area (Å²) in [5.41, 5.74) is 8.96. The van der Waals surface area contributed by atoms with Crippen LogP contribution >= 0.6 is 24.0 Å². The smallest absolute Gasteiger partial charge is 0.191 e. The van der Waals surface area contributed by atoms with Gasteiger partial charge < -0.3 is 15.7 Å². The second kappa shape index (κ2) is 7.87. The number of halogens is 1. The van der Waals surface area contributed by atoms with E-state index in [1.54, 1.807) is 0 Å². The molecule has 1 unspecified atom stereocenters. The van der Waals surface area contributed by atoms with Gasteiger partial charge in [-0.2, -0.15) is 0 Å². The van der Waals surface area contributed by atoms with Gasteiger partial charge in [0.2, 0.25) is 0 Å². The predicted molar refractivity (Wildman–Crippen MR) is 98.3 cm³/mol. The number of phenols is 1. The standard InChI is InChI=1S/C16H25N3O.HI/c1-11-5-4-6-19(10-11)16(17)18-9-14-7-12(2)15(20)13(3)8-14;/h7-8,11,20H,4-6,9-10H2,1-3H3,(H2,17,18);1H. The number of likely N-dealkylation sites (tertiary alicyclic amines) is 1. The lowest BCUT2D eigenvalue weighted by molar-refractivity contribution is 0.270. The van der Waals surface area contributed by atoms with E-state index in [-0.39, 0.29) is 24.0 Å². The lowest BCUT2D eigenvalue weighted by atomic mass is 10.0. The van der Waals surface area contributed by atoms with Gasteiger partial charge >= 0.3 is 0 Å². The molecule has 118 valence electrons. The fraction of sp³-hybridized carbons (Fsp3) is 0.562. The van der Waals surface area contributed by atoms with E-state index in [4.69, 9.17) is 5.73 Å². The van der Waals surface area contributed by atoms with Crippen molar-refractivity contribution in [3.63, 3.8) is 0 Å². The highest BCUT2D eigenvalue weighted by atomic mass is 127. The lowest BCUT2D eigenvalue weighted by Crippen LogP contribution is -2.43. The van der Waals surface area contributed by atoms with Crippen LogP contribution in [0.15, 0.2) is 17.1 Å². The number of guanidine groups is 1. The van der Waals surface area contributed by atoms with E-state index in [9.17, 15) is 5.11 Å². The van der Waals surface area contributed by atoms with E-state index in [0.29, 0.717) is 24.2 Å². The Labute approximate surface area is 144 Å². The number of piperidine rings is 1. The van der Waals surface area contributed by atoms with Gasteiger partial charge in [-0.1, -0.05) is 19.1 Å². The number of aromatic hydroxyl groups is 1. The molecule has 0 amide bonds. The van der Waals surface area contributed by atoms with E-state index in [1.807, 2.05) is 26.0 Å². The molecule has 5 heteroatoms. The summed E-state index contributed by atoms with van der Waals surface area (Å²) < 4.78 is 0.